The Hall–Kier alpha value is -3.43. The first kappa shape index (κ1) is 20.3. The molecule has 0 saturated heterocycles. The van der Waals surface area contributed by atoms with E-state index in [9.17, 15) is 26.7 Å². The Kier molecular flexibility index (Phi) is 5.27. The molecule has 29 heavy (non-hydrogen) atoms. The maximum Gasteiger partial charge on any atom is 0.280 e. The van der Waals surface area contributed by atoms with Crippen molar-refractivity contribution in [2.45, 2.75) is 6.92 Å². The van der Waals surface area contributed by atoms with Crippen LogP contribution in [-0.2, 0) is 4.79 Å². The number of amides is 1. The topological polar surface area (TPSA) is 51.1 Å². The molecule has 0 atom stereocenters. The Morgan fingerprint density at radius 2 is 1.52 bits per heavy atom. The van der Waals surface area contributed by atoms with Crippen LogP contribution < -0.4 is 14.5 Å². The van der Waals surface area contributed by atoms with Crippen molar-refractivity contribution in [2.75, 3.05) is 19.2 Å². The number of methoxy groups -OCH3 is 2. The fourth-order valence-corrected chi connectivity index (χ4v) is 2.71. The molecule has 0 radical (unpaired) electrons. The summed E-state index contributed by atoms with van der Waals surface area (Å²) in [5.74, 6) is -11.2. The SMILES string of the molecule is COc1ccc(/C=C2/C(=O)N(c3c(F)c(F)c(F)c(F)c3F)N=C2C)c(OC)c1. The number of carbonyl (C=O) groups excluding carboxylic acids is 1. The highest BCUT2D eigenvalue weighted by Gasteiger charge is 2.37. The standard InChI is InChI=1S/C19H13F5N2O3/c1-8-11(6-9-4-5-10(28-2)7-12(9)29-3)19(27)26(25-8)18-16(23)14(21)13(20)15(22)17(18)24/h4-7H,1-3H3/b11-6+. The average Bonchev–Trinajstić information content (AvgIpc) is 2.99. The van der Waals surface area contributed by atoms with Gasteiger partial charge in [-0.2, -0.15) is 10.1 Å². The summed E-state index contributed by atoms with van der Waals surface area (Å²) in [7, 11) is 2.83. The molecule has 0 unspecified atom stereocenters. The van der Waals surface area contributed by atoms with Crippen LogP contribution in [0.1, 0.15) is 12.5 Å². The van der Waals surface area contributed by atoms with Gasteiger partial charge in [0.05, 0.1) is 25.5 Å². The van der Waals surface area contributed by atoms with Gasteiger partial charge in [0.2, 0.25) is 5.82 Å². The molecular formula is C19H13F5N2O3. The van der Waals surface area contributed by atoms with Gasteiger partial charge in [-0.1, -0.05) is 0 Å². The van der Waals surface area contributed by atoms with Crippen LogP contribution in [-0.4, -0.2) is 25.8 Å². The smallest absolute Gasteiger partial charge is 0.280 e. The van der Waals surface area contributed by atoms with Crippen LogP contribution in [0.5, 0.6) is 11.5 Å². The van der Waals surface area contributed by atoms with Crippen molar-refractivity contribution in [1.29, 1.82) is 0 Å². The summed E-state index contributed by atoms with van der Waals surface area (Å²) in [4.78, 5) is 12.7. The van der Waals surface area contributed by atoms with Crippen LogP contribution in [0.4, 0.5) is 27.6 Å². The van der Waals surface area contributed by atoms with Crippen molar-refractivity contribution in [3.05, 3.63) is 58.4 Å². The number of anilines is 1. The fourth-order valence-electron chi connectivity index (χ4n) is 2.71. The number of rotatable bonds is 4. The van der Waals surface area contributed by atoms with Gasteiger partial charge >= 0.3 is 0 Å². The third kappa shape index (κ3) is 3.30. The molecule has 1 amide bonds. The van der Waals surface area contributed by atoms with Crippen molar-refractivity contribution in [3.63, 3.8) is 0 Å². The molecule has 0 bridgehead atoms. The summed E-state index contributed by atoms with van der Waals surface area (Å²) < 4.78 is 78.7. The number of hydrazone groups is 1. The van der Waals surface area contributed by atoms with E-state index in [1.54, 1.807) is 18.2 Å². The Morgan fingerprint density at radius 1 is 0.931 bits per heavy atom. The van der Waals surface area contributed by atoms with E-state index < -0.39 is 40.7 Å². The highest BCUT2D eigenvalue weighted by atomic mass is 19.2. The number of carbonyl (C=O) groups is 1. The molecule has 0 saturated carbocycles. The van der Waals surface area contributed by atoms with Crippen LogP contribution in [0.2, 0.25) is 0 Å². The van der Waals surface area contributed by atoms with E-state index in [1.165, 1.54) is 27.2 Å². The van der Waals surface area contributed by atoms with Gasteiger partial charge in [0.15, 0.2) is 23.3 Å². The van der Waals surface area contributed by atoms with Crippen LogP contribution >= 0.6 is 0 Å². The number of hydrogen-bond acceptors (Lipinski definition) is 4. The molecular weight excluding hydrogens is 399 g/mol. The third-order valence-electron chi connectivity index (χ3n) is 4.20. The van der Waals surface area contributed by atoms with E-state index in [-0.39, 0.29) is 16.3 Å². The lowest BCUT2D eigenvalue weighted by atomic mass is 10.1. The molecule has 152 valence electrons. The first-order valence-corrected chi connectivity index (χ1v) is 8.06. The quantitative estimate of drug-likeness (QED) is 0.327. The van der Waals surface area contributed by atoms with Gasteiger partial charge in [0.1, 0.15) is 17.2 Å². The van der Waals surface area contributed by atoms with E-state index in [1.807, 2.05) is 0 Å². The normalized spacial score (nSPS) is 15.2. The first-order valence-electron chi connectivity index (χ1n) is 8.06. The molecule has 0 N–H and O–H groups in total. The van der Waals surface area contributed by atoms with Crippen molar-refractivity contribution in [1.82, 2.24) is 0 Å². The summed E-state index contributed by atoms with van der Waals surface area (Å²) in [6.07, 6.45) is 1.32. The lowest BCUT2D eigenvalue weighted by Crippen LogP contribution is -2.25. The summed E-state index contributed by atoms with van der Waals surface area (Å²) in [6.45, 7) is 1.35. The number of ether oxygens (including phenoxy) is 2. The van der Waals surface area contributed by atoms with Crippen LogP contribution in [0.15, 0.2) is 28.9 Å². The molecule has 1 aliphatic heterocycles. The lowest BCUT2D eigenvalue weighted by molar-refractivity contribution is -0.114. The first-order chi connectivity index (χ1) is 13.7. The van der Waals surface area contributed by atoms with E-state index in [2.05, 4.69) is 5.10 Å². The van der Waals surface area contributed by atoms with Crippen molar-refractivity contribution < 1.29 is 36.2 Å². The zero-order valence-corrected chi connectivity index (χ0v) is 15.3. The number of halogens is 5. The number of hydrogen-bond donors (Lipinski definition) is 0. The van der Waals surface area contributed by atoms with Gasteiger partial charge in [-0.15, -0.1) is 0 Å². The highest BCUT2D eigenvalue weighted by molar-refractivity contribution is 6.32. The maximum atomic E-state index is 14.1. The van der Waals surface area contributed by atoms with Crippen LogP contribution in [0.25, 0.3) is 6.08 Å². The number of benzene rings is 2. The Balaban J connectivity index is 2.09. The third-order valence-corrected chi connectivity index (χ3v) is 4.20. The zero-order chi connectivity index (χ0) is 21.5. The van der Waals surface area contributed by atoms with Crippen molar-refractivity contribution in [3.8, 4) is 11.5 Å². The molecule has 3 rings (SSSR count). The lowest BCUT2D eigenvalue weighted by Gasteiger charge is -2.15. The maximum absolute atomic E-state index is 14.1. The largest absolute Gasteiger partial charge is 0.497 e. The predicted molar refractivity (Wildman–Crippen MR) is 94.3 cm³/mol. The summed E-state index contributed by atoms with van der Waals surface area (Å²) in [6, 6.07) is 4.69. The predicted octanol–water partition coefficient (Wildman–Crippen LogP) is 4.21. The molecule has 0 fully saturated rings. The van der Waals surface area contributed by atoms with Gasteiger partial charge in [-0.25, -0.2) is 22.0 Å². The Morgan fingerprint density at radius 3 is 2.07 bits per heavy atom. The van der Waals surface area contributed by atoms with E-state index in [0.29, 0.717) is 17.1 Å². The minimum absolute atomic E-state index is 0.0109. The summed E-state index contributed by atoms with van der Waals surface area (Å²) in [5, 5.41) is 3.82. The van der Waals surface area contributed by atoms with Crippen LogP contribution in [0, 0.1) is 29.1 Å². The summed E-state index contributed by atoms with van der Waals surface area (Å²) >= 11 is 0. The van der Waals surface area contributed by atoms with E-state index in [4.69, 9.17) is 9.47 Å². The number of nitrogens with zero attached hydrogens (tertiary/aromatic N) is 2. The van der Waals surface area contributed by atoms with Crippen LogP contribution in [0.3, 0.4) is 0 Å². The summed E-state index contributed by atoms with van der Waals surface area (Å²) in [5.41, 5.74) is -1.14. The average molecular weight is 412 g/mol. The second kappa shape index (κ2) is 7.53. The molecule has 0 aliphatic carbocycles. The second-order valence-corrected chi connectivity index (χ2v) is 5.89. The fraction of sp³-hybridized carbons (Fsp3) is 0.158. The van der Waals surface area contributed by atoms with Crippen molar-refractivity contribution in [2.24, 2.45) is 5.10 Å². The Bertz CT molecular complexity index is 1050. The molecule has 10 heteroatoms. The van der Waals surface area contributed by atoms with Gasteiger partial charge < -0.3 is 9.47 Å². The van der Waals surface area contributed by atoms with Gasteiger partial charge in [-0.05, 0) is 25.1 Å². The molecule has 5 nitrogen and oxygen atoms in total. The molecule has 0 spiro atoms. The highest BCUT2D eigenvalue weighted by Crippen LogP contribution is 2.35. The monoisotopic (exact) mass is 412 g/mol. The molecule has 1 aliphatic rings. The Labute approximate surface area is 161 Å². The minimum atomic E-state index is -2.32. The van der Waals surface area contributed by atoms with Crippen molar-refractivity contribution >= 4 is 23.4 Å². The zero-order valence-electron chi connectivity index (χ0n) is 15.3. The van der Waals surface area contributed by atoms with Gasteiger partial charge in [0.25, 0.3) is 5.91 Å². The minimum Gasteiger partial charge on any atom is -0.497 e. The van der Waals surface area contributed by atoms with Gasteiger partial charge in [0, 0.05) is 11.6 Å². The molecule has 2 aromatic rings. The van der Waals surface area contributed by atoms with E-state index in [0.717, 1.165) is 0 Å². The molecule has 1 heterocycles. The molecule has 2 aromatic carbocycles. The molecule has 0 aromatic heterocycles. The van der Waals surface area contributed by atoms with Gasteiger partial charge in [-0.3, -0.25) is 4.79 Å². The second-order valence-electron chi connectivity index (χ2n) is 5.89. The van der Waals surface area contributed by atoms with E-state index >= 15 is 0 Å².